The Morgan fingerprint density at radius 2 is 1.84 bits per heavy atom. The average molecular weight is 441 g/mol. The molecule has 31 heavy (non-hydrogen) atoms. The molecule has 0 bridgehead atoms. The molecule has 0 radical (unpaired) electrons. The van der Waals surface area contributed by atoms with Gasteiger partial charge in [0.15, 0.2) is 0 Å². The molecule has 1 N–H and O–H groups in total. The molecular weight excluding hydrogens is 412 g/mol. The van der Waals surface area contributed by atoms with E-state index in [-0.39, 0.29) is 29.7 Å². The minimum Gasteiger partial charge on any atom is -0.381 e. The monoisotopic (exact) mass is 440 g/mol. The van der Waals surface area contributed by atoms with Crippen molar-refractivity contribution in [2.45, 2.75) is 44.1 Å². The number of hydrogen-bond acceptors (Lipinski definition) is 3. The molecule has 0 spiro atoms. The maximum absolute atomic E-state index is 13.1. The summed E-state index contributed by atoms with van der Waals surface area (Å²) < 4.78 is 5.59. The molecule has 2 amide bonds. The van der Waals surface area contributed by atoms with E-state index < -0.39 is 0 Å². The summed E-state index contributed by atoms with van der Waals surface area (Å²) in [6, 6.07) is 15.7. The average Bonchev–Trinajstić information content (AvgIpc) is 2.78. The number of ether oxygens (including phenoxy) is 1. The van der Waals surface area contributed by atoms with Crippen LogP contribution in [-0.2, 0) is 26.2 Å². The van der Waals surface area contributed by atoms with Gasteiger partial charge in [-0.3, -0.25) is 9.59 Å². The van der Waals surface area contributed by atoms with Crippen molar-refractivity contribution in [2.24, 2.45) is 0 Å². The lowest BCUT2D eigenvalue weighted by Gasteiger charge is -2.39. The normalized spacial score (nSPS) is 20.1. The Morgan fingerprint density at radius 3 is 2.58 bits per heavy atom. The first-order chi connectivity index (χ1) is 15.0. The van der Waals surface area contributed by atoms with Gasteiger partial charge in [-0.05, 0) is 42.0 Å². The van der Waals surface area contributed by atoms with Gasteiger partial charge in [-0.15, -0.1) is 0 Å². The fourth-order valence-electron chi connectivity index (χ4n) is 4.96. The van der Waals surface area contributed by atoms with Crippen LogP contribution in [0.1, 0.15) is 48.9 Å². The van der Waals surface area contributed by atoms with E-state index >= 15 is 0 Å². The Kier molecular flexibility index (Phi) is 6.63. The molecule has 0 saturated carbocycles. The predicted octanol–water partition coefficient (Wildman–Crippen LogP) is 4.04. The molecule has 2 aliphatic rings. The summed E-state index contributed by atoms with van der Waals surface area (Å²) in [6.07, 6.45) is 2.70. The zero-order valence-corrected chi connectivity index (χ0v) is 18.7. The van der Waals surface area contributed by atoms with E-state index in [4.69, 9.17) is 16.3 Å². The predicted molar refractivity (Wildman–Crippen MR) is 121 cm³/mol. The minimum atomic E-state index is -0.239. The van der Waals surface area contributed by atoms with Gasteiger partial charge < -0.3 is 15.0 Å². The van der Waals surface area contributed by atoms with Crippen LogP contribution >= 0.6 is 11.6 Å². The highest BCUT2D eigenvalue weighted by Gasteiger charge is 2.37. The molecule has 2 heterocycles. The van der Waals surface area contributed by atoms with Crippen molar-refractivity contribution >= 4 is 23.4 Å². The number of rotatable bonds is 5. The second-order valence-electron chi connectivity index (χ2n) is 8.53. The number of nitrogens with zero attached hydrogens (tertiary/aromatic N) is 1. The molecule has 2 aromatic carbocycles. The Hall–Kier alpha value is -2.37. The summed E-state index contributed by atoms with van der Waals surface area (Å²) in [7, 11) is 0. The van der Waals surface area contributed by atoms with Gasteiger partial charge in [0.25, 0.3) is 0 Å². The summed E-state index contributed by atoms with van der Waals surface area (Å²) >= 11 is 6.53. The van der Waals surface area contributed by atoms with Gasteiger partial charge in [0.2, 0.25) is 11.8 Å². The number of hydrogen-bond donors (Lipinski definition) is 1. The van der Waals surface area contributed by atoms with Crippen molar-refractivity contribution in [3.8, 4) is 0 Å². The first-order valence-corrected chi connectivity index (χ1v) is 11.3. The number of nitrogens with one attached hydrogen (secondary N) is 1. The molecule has 1 fully saturated rings. The standard InChI is InChI=1S/C25H29ClN2O3/c1-18(29)28-13-10-19-6-2-3-7-20(19)23(28)16-24(30)27-17-25(11-14-31-15-12-25)21-8-4-5-9-22(21)26/h2-9,23H,10-17H2,1H3,(H,27,30). The summed E-state index contributed by atoms with van der Waals surface area (Å²) in [6.45, 7) is 4.02. The quantitative estimate of drug-likeness (QED) is 0.763. The molecule has 164 valence electrons. The van der Waals surface area contributed by atoms with Crippen LogP contribution in [0.4, 0.5) is 0 Å². The zero-order chi connectivity index (χ0) is 21.8. The molecule has 0 aliphatic carbocycles. The van der Waals surface area contributed by atoms with Crippen molar-refractivity contribution in [2.75, 3.05) is 26.3 Å². The molecule has 5 nitrogen and oxygen atoms in total. The van der Waals surface area contributed by atoms with Gasteiger partial charge in [-0.25, -0.2) is 0 Å². The topological polar surface area (TPSA) is 58.6 Å². The van der Waals surface area contributed by atoms with E-state index in [1.165, 1.54) is 5.56 Å². The van der Waals surface area contributed by atoms with Gasteiger partial charge in [0, 0.05) is 43.7 Å². The lowest BCUT2D eigenvalue weighted by atomic mass is 9.74. The Balaban J connectivity index is 1.51. The highest BCUT2D eigenvalue weighted by molar-refractivity contribution is 6.31. The number of benzene rings is 2. The van der Waals surface area contributed by atoms with Gasteiger partial charge in [-0.2, -0.15) is 0 Å². The highest BCUT2D eigenvalue weighted by atomic mass is 35.5. The van der Waals surface area contributed by atoms with Crippen LogP contribution in [0.5, 0.6) is 0 Å². The number of carbonyl (C=O) groups is 2. The Labute approximate surface area is 188 Å². The van der Waals surface area contributed by atoms with Gasteiger partial charge in [-0.1, -0.05) is 54.1 Å². The van der Waals surface area contributed by atoms with Crippen molar-refractivity contribution < 1.29 is 14.3 Å². The largest absolute Gasteiger partial charge is 0.381 e. The zero-order valence-electron chi connectivity index (χ0n) is 17.9. The van der Waals surface area contributed by atoms with Crippen LogP contribution in [0.15, 0.2) is 48.5 Å². The van der Waals surface area contributed by atoms with Crippen molar-refractivity contribution in [1.29, 1.82) is 0 Å². The number of halogens is 1. The summed E-state index contributed by atoms with van der Waals surface area (Å²) in [5.74, 6) is -0.0462. The highest BCUT2D eigenvalue weighted by Crippen LogP contribution is 2.38. The van der Waals surface area contributed by atoms with Gasteiger partial charge in [0.1, 0.15) is 0 Å². The third kappa shape index (κ3) is 4.63. The lowest BCUT2D eigenvalue weighted by molar-refractivity contribution is -0.133. The molecule has 4 rings (SSSR count). The maximum Gasteiger partial charge on any atom is 0.222 e. The van der Waals surface area contributed by atoms with Crippen LogP contribution in [-0.4, -0.2) is 43.0 Å². The summed E-state index contributed by atoms with van der Waals surface area (Å²) in [5, 5.41) is 3.89. The van der Waals surface area contributed by atoms with Crippen LogP contribution < -0.4 is 5.32 Å². The number of carbonyl (C=O) groups excluding carboxylic acids is 2. The van der Waals surface area contributed by atoms with Crippen LogP contribution in [0.25, 0.3) is 0 Å². The molecule has 1 unspecified atom stereocenters. The van der Waals surface area contributed by atoms with E-state index in [1.54, 1.807) is 6.92 Å². The van der Waals surface area contributed by atoms with E-state index in [2.05, 4.69) is 17.4 Å². The fourth-order valence-corrected chi connectivity index (χ4v) is 5.30. The molecular formula is C25H29ClN2O3. The van der Waals surface area contributed by atoms with Crippen molar-refractivity contribution in [3.05, 3.63) is 70.2 Å². The molecule has 2 aromatic rings. The van der Waals surface area contributed by atoms with Gasteiger partial charge in [0.05, 0.1) is 12.5 Å². The Morgan fingerprint density at radius 1 is 1.13 bits per heavy atom. The first kappa shape index (κ1) is 21.8. The maximum atomic E-state index is 13.1. The van der Waals surface area contributed by atoms with E-state index in [1.807, 2.05) is 41.3 Å². The fraction of sp³-hybridized carbons (Fsp3) is 0.440. The van der Waals surface area contributed by atoms with Crippen LogP contribution in [0.2, 0.25) is 5.02 Å². The van der Waals surface area contributed by atoms with Crippen LogP contribution in [0.3, 0.4) is 0 Å². The summed E-state index contributed by atoms with van der Waals surface area (Å²) in [4.78, 5) is 27.1. The van der Waals surface area contributed by atoms with E-state index in [0.29, 0.717) is 26.3 Å². The van der Waals surface area contributed by atoms with E-state index in [0.717, 1.165) is 35.4 Å². The Bertz CT molecular complexity index is 955. The number of fused-ring (bicyclic) bond motifs is 1. The molecule has 0 aromatic heterocycles. The lowest BCUT2D eigenvalue weighted by Crippen LogP contribution is -2.46. The van der Waals surface area contributed by atoms with Crippen molar-refractivity contribution in [1.82, 2.24) is 10.2 Å². The molecule has 2 aliphatic heterocycles. The SMILES string of the molecule is CC(=O)N1CCc2ccccc2C1CC(=O)NCC1(c2ccccc2Cl)CCOCC1. The van der Waals surface area contributed by atoms with Crippen LogP contribution in [0, 0.1) is 0 Å². The third-order valence-electron chi connectivity index (χ3n) is 6.71. The minimum absolute atomic E-state index is 0.00395. The van der Waals surface area contributed by atoms with Crippen molar-refractivity contribution in [3.63, 3.8) is 0 Å². The number of amides is 2. The molecule has 6 heteroatoms. The van der Waals surface area contributed by atoms with Gasteiger partial charge >= 0.3 is 0 Å². The molecule has 1 atom stereocenters. The summed E-state index contributed by atoms with van der Waals surface area (Å²) in [5.41, 5.74) is 3.12. The smallest absolute Gasteiger partial charge is 0.222 e. The first-order valence-electron chi connectivity index (χ1n) is 10.9. The molecule has 1 saturated heterocycles. The third-order valence-corrected chi connectivity index (χ3v) is 7.04. The second kappa shape index (κ2) is 9.41. The second-order valence-corrected chi connectivity index (χ2v) is 8.94. The van der Waals surface area contributed by atoms with E-state index in [9.17, 15) is 9.59 Å².